The van der Waals surface area contributed by atoms with Gasteiger partial charge >= 0.3 is 0 Å². The summed E-state index contributed by atoms with van der Waals surface area (Å²) in [6, 6.07) is 8.72. The van der Waals surface area contributed by atoms with Gasteiger partial charge in [-0.25, -0.2) is 14.6 Å². The normalized spacial score (nSPS) is 10.7. The summed E-state index contributed by atoms with van der Waals surface area (Å²) >= 11 is 0. The number of benzene rings is 1. The Morgan fingerprint density at radius 1 is 1.22 bits per heavy atom. The van der Waals surface area contributed by atoms with Crippen LogP contribution in [0.5, 0.6) is 0 Å². The Morgan fingerprint density at radius 2 is 1.96 bits per heavy atom. The van der Waals surface area contributed by atoms with Crippen LogP contribution in [0.2, 0.25) is 0 Å². The van der Waals surface area contributed by atoms with Crippen molar-refractivity contribution in [2.75, 3.05) is 7.05 Å². The molecule has 3 rings (SSSR count). The van der Waals surface area contributed by atoms with Gasteiger partial charge in [0.25, 0.3) is 11.5 Å². The molecule has 1 aromatic carbocycles. The molecule has 0 atom stereocenters. The largest absolute Gasteiger partial charge is 0.334 e. The summed E-state index contributed by atoms with van der Waals surface area (Å²) in [4.78, 5) is 34.3. The lowest BCUT2D eigenvalue weighted by Gasteiger charge is -2.17. The summed E-state index contributed by atoms with van der Waals surface area (Å²) in [6.07, 6.45) is 3.06. The highest BCUT2D eigenvalue weighted by Gasteiger charge is 2.19. The molecule has 0 spiro atoms. The molecule has 0 fully saturated rings. The first kappa shape index (κ1) is 14.8. The van der Waals surface area contributed by atoms with Gasteiger partial charge in [-0.1, -0.05) is 18.2 Å². The van der Waals surface area contributed by atoms with Crippen LogP contribution >= 0.6 is 0 Å². The van der Waals surface area contributed by atoms with E-state index in [0.717, 1.165) is 5.69 Å². The fraction of sp³-hybridized carbons (Fsp3) is 0.188. The van der Waals surface area contributed by atoms with Gasteiger partial charge < -0.3 is 4.90 Å². The van der Waals surface area contributed by atoms with Crippen molar-refractivity contribution in [2.45, 2.75) is 6.54 Å². The molecule has 116 valence electrons. The molecule has 0 aliphatic heterocycles. The predicted molar refractivity (Wildman–Crippen MR) is 84.8 cm³/mol. The van der Waals surface area contributed by atoms with Crippen LogP contribution in [0, 0.1) is 0 Å². The molecule has 1 amide bonds. The van der Waals surface area contributed by atoms with Gasteiger partial charge in [0, 0.05) is 25.7 Å². The molecule has 0 N–H and O–H groups in total. The first-order chi connectivity index (χ1) is 11.1. The van der Waals surface area contributed by atoms with Crippen LogP contribution in [0.4, 0.5) is 0 Å². The van der Waals surface area contributed by atoms with Gasteiger partial charge in [-0.05, 0) is 12.1 Å². The molecule has 0 saturated heterocycles. The maximum Gasteiger partial charge on any atom is 0.275 e. The molecule has 2 heterocycles. The van der Waals surface area contributed by atoms with E-state index in [0.29, 0.717) is 17.3 Å². The van der Waals surface area contributed by atoms with E-state index in [1.165, 1.54) is 23.0 Å². The molecule has 3 aromatic rings. The smallest absolute Gasteiger partial charge is 0.275 e. The second-order valence-electron chi connectivity index (χ2n) is 5.18. The zero-order chi connectivity index (χ0) is 16.4. The zero-order valence-corrected chi connectivity index (χ0v) is 12.8. The Morgan fingerprint density at radius 3 is 2.65 bits per heavy atom. The van der Waals surface area contributed by atoms with Crippen LogP contribution < -0.4 is 5.56 Å². The van der Waals surface area contributed by atoms with E-state index >= 15 is 0 Å². The number of fused-ring (bicyclic) bond motifs is 1. The molecule has 0 saturated carbocycles. The van der Waals surface area contributed by atoms with Crippen molar-refractivity contribution in [1.82, 2.24) is 24.6 Å². The van der Waals surface area contributed by atoms with Crippen molar-refractivity contribution in [1.29, 1.82) is 0 Å². The summed E-state index contributed by atoms with van der Waals surface area (Å²) in [6.45, 7) is 0.334. The van der Waals surface area contributed by atoms with E-state index in [-0.39, 0.29) is 17.2 Å². The lowest BCUT2D eigenvalue weighted by molar-refractivity contribution is 0.0777. The molecule has 0 aliphatic rings. The Bertz CT molecular complexity index is 921. The minimum absolute atomic E-state index is 0.226. The topological polar surface area (TPSA) is 81.0 Å². The van der Waals surface area contributed by atoms with E-state index < -0.39 is 0 Å². The molecule has 2 aromatic heterocycles. The van der Waals surface area contributed by atoms with Crippen LogP contribution in [0.15, 0.2) is 47.7 Å². The number of rotatable bonds is 3. The van der Waals surface area contributed by atoms with Gasteiger partial charge in [0.05, 0.1) is 17.6 Å². The lowest BCUT2D eigenvalue weighted by atomic mass is 10.1. The minimum atomic E-state index is -0.268. The lowest BCUT2D eigenvalue weighted by Crippen LogP contribution is -2.31. The molecule has 23 heavy (non-hydrogen) atoms. The van der Waals surface area contributed by atoms with Crippen LogP contribution in [-0.2, 0) is 13.6 Å². The Hall–Kier alpha value is -3.09. The Kier molecular flexibility index (Phi) is 3.84. The number of aryl methyl sites for hydroxylation is 1. The summed E-state index contributed by atoms with van der Waals surface area (Å²) in [5, 5.41) is 5.17. The third kappa shape index (κ3) is 2.80. The van der Waals surface area contributed by atoms with Crippen molar-refractivity contribution >= 4 is 16.7 Å². The van der Waals surface area contributed by atoms with Gasteiger partial charge in [0.1, 0.15) is 6.33 Å². The first-order valence-corrected chi connectivity index (χ1v) is 7.04. The average molecular weight is 309 g/mol. The maximum absolute atomic E-state index is 12.7. The highest BCUT2D eigenvalue weighted by molar-refractivity contribution is 6.04. The second-order valence-corrected chi connectivity index (χ2v) is 5.18. The van der Waals surface area contributed by atoms with E-state index in [2.05, 4.69) is 15.1 Å². The Balaban J connectivity index is 2.01. The fourth-order valence-electron chi connectivity index (χ4n) is 2.36. The maximum atomic E-state index is 12.7. The van der Waals surface area contributed by atoms with Crippen molar-refractivity contribution in [3.63, 3.8) is 0 Å². The van der Waals surface area contributed by atoms with Gasteiger partial charge in [0.15, 0.2) is 5.69 Å². The molecule has 7 nitrogen and oxygen atoms in total. The first-order valence-electron chi connectivity index (χ1n) is 7.04. The van der Waals surface area contributed by atoms with Gasteiger partial charge in [-0.15, -0.1) is 0 Å². The van der Waals surface area contributed by atoms with E-state index in [4.69, 9.17) is 0 Å². The standard InChI is InChI=1S/C16H15N5O2/c1-20(9-11-7-8-17-10-18-11)16(23)14-12-5-3-4-6-13(12)15(22)21(2)19-14/h3-8,10H,9H2,1-2H3. The quantitative estimate of drug-likeness (QED) is 0.721. The van der Waals surface area contributed by atoms with Crippen LogP contribution in [-0.4, -0.2) is 37.6 Å². The third-order valence-electron chi connectivity index (χ3n) is 3.55. The minimum Gasteiger partial charge on any atom is -0.334 e. The number of hydrogen-bond acceptors (Lipinski definition) is 5. The van der Waals surface area contributed by atoms with Gasteiger partial charge in [-0.2, -0.15) is 5.10 Å². The molecule has 0 unspecified atom stereocenters. The Labute approximate surface area is 132 Å². The second kappa shape index (κ2) is 5.96. The number of amides is 1. The zero-order valence-electron chi connectivity index (χ0n) is 12.8. The van der Waals surface area contributed by atoms with Crippen molar-refractivity contribution in [3.8, 4) is 0 Å². The molecule has 7 heteroatoms. The van der Waals surface area contributed by atoms with E-state index in [9.17, 15) is 9.59 Å². The van der Waals surface area contributed by atoms with Crippen molar-refractivity contribution in [2.24, 2.45) is 7.05 Å². The average Bonchev–Trinajstić information content (AvgIpc) is 2.58. The number of carbonyl (C=O) groups is 1. The predicted octanol–water partition coefficient (Wildman–Crippen LogP) is 0.996. The summed E-state index contributed by atoms with van der Waals surface area (Å²) < 4.78 is 1.19. The highest BCUT2D eigenvalue weighted by atomic mass is 16.2. The van der Waals surface area contributed by atoms with Crippen molar-refractivity contribution in [3.05, 3.63) is 64.6 Å². The number of aromatic nitrogens is 4. The SMILES string of the molecule is CN(Cc1ccncn1)C(=O)c1nn(C)c(=O)c2ccccc12. The summed E-state index contributed by atoms with van der Waals surface area (Å²) in [5.41, 5.74) is 0.750. The third-order valence-corrected chi connectivity index (χ3v) is 3.55. The van der Waals surface area contributed by atoms with Gasteiger partial charge in [0.2, 0.25) is 0 Å². The number of nitrogens with zero attached hydrogens (tertiary/aromatic N) is 5. The number of hydrogen-bond donors (Lipinski definition) is 0. The monoisotopic (exact) mass is 309 g/mol. The van der Waals surface area contributed by atoms with Gasteiger partial charge in [-0.3, -0.25) is 9.59 Å². The number of carbonyl (C=O) groups excluding carboxylic acids is 1. The van der Waals surface area contributed by atoms with Crippen LogP contribution in [0.3, 0.4) is 0 Å². The fourth-order valence-corrected chi connectivity index (χ4v) is 2.36. The molecule has 0 bridgehead atoms. The summed E-state index contributed by atoms with van der Waals surface area (Å²) in [5.74, 6) is -0.268. The summed E-state index contributed by atoms with van der Waals surface area (Å²) in [7, 11) is 3.21. The molecular weight excluding hydrogens is 294 g/mol. The molecule has 0 radical (unpaired) electrons. The molecular formula is C16H15N5O2. The van der Waals surface area contributed by atoms with Crippen LogP contribution in [0.25, 0.3) is 10.8 Å². The van der Waals surface area contributed by atoms with Crippen LogP contribution in [0.1, 0.15) is 16.2 Å². The highest BCUT2D eigenvalue weighted by Crippen LogP contribution is 2.15. The van der Waals surface area contributed by atoms with E-state index in [1.807, 2.05) is 0 Å². The van der Waals surface area contributed by atoms with Crippen molar-refractivity contribution < 1.29 is 4.79 Å². The van der Waals surface area contributed by atoms with E-state index in [1.54, 1.807) is 43.6 Å². The molecule has 0 aliphatic carbocycles.